The molecule has 1 aromatic rings. The van der Waals surface area contributed by atoms with Gasteiger partial charge in [0.2, 0.25) is 11.8 Å². The summed E-state index contributed by atoms with van der Waals surface area (Å²) >= 11 is 0. The number of rotatable bonds is 5. The predicted molar refractivity (Wildman–Crippen MR) is 98.7 cm³/mol. The van der Waals surface area contributed by atoms with Crippen LogP contribution in [0.3, 0.4) is 0 Å². The second-order valence-corrected chi connectivity index (χ2v) is 8.21. The molecule has 1 aromatic carbocycles. The first-order valence-electron chi connectivity index (χ1n) is 9.87. The van der Waals surface area contributed by atoms with E-state index >= 15 is 0 Å². The van der Waals surface area contributed by atoms with Gasteiger partial charge in [-0.2, -0.15) is 0 Å². The minimum atomic E-state index is -0.659. The summed E-state index contributed by atoms with van der Waals surface area (Å²) in [5, 5.41) is 2.77. The van der Waals surface area contributed by atoms with Crippen LogP contribution in [0.15, 0.2) is 18.2 Å². The van der Waals surface area contributed by atoms with Crippen LogP contribution in [0.2, 0.25) is 0 Å². The molecule has 3 rings (SSSR count). The molecular weight excluding hydrogens is 350 g/mol. The normalized spacial score (nSPS) is 19.9. The van der Waals surface area contributed by atoms with E-state index in [4.69, 9.17) is 0 Å². The van der Waals surface area contributed by atoms with Gasteiger partial charge in [0.15, 0.2) is 0 Å². The molecule has 27 heavy (non-hydrogen) atoms. The number of benzene rings is 1. The van der Waals surface area contributed by atoms with Gasteiger partial charge < -0.3 is 10.2 Å². The number of carbonyl (C=O) groups excluding carboxylic acids is 2. The van der Waals surface area contributed by atoms with Gasteiger partial charge in [-0.25, -0.2) is 8.78 Å². The third kappa shape index (κ3) is 4.85. The van der Waals surface area contributed by atoms with Gasteiger partial charge in [0.1, 0.15) is 11.6 Å². The minimum Gasteiger partial charge on any atom is -0.351 e. The molecule has 1 aliphatic heterocycles. The van der Waals surface area contributed by atoms with Gasteiger partial charge in [-0.3, -0.25) is 9.59 Å². The van der Waals surface area contributed by atoms with Crippen molar-refractivity contribution in [2.75, 3.05) is 13.1 Å². The molecule has 1 N–H and O–H groups in total. The lowest BCUT2D eigenvalue weighted by Gasteiger charge is -2.38. The van der Waals surface area contributed by atoms with Crippen LogP contribution in [-0.2, 0) is 16.1 Å². The topological polar surface area (TPSA) is 49.4 Å². The first kappa shape index (κ1) is 19.8. The smallest absolute Gasteiger partial charge is 0.226 e. The molecule has 148 valence electrons. The molecule has 2 amide bonds. The average Bonchev–Trinajstić information content (AvgIpc) is 3.14. The van der Waals surface area contributed by atoms with Crippen molar-refractivity contribution in [3.8, 4) is 0 Å². The Morgan fingerprint density at radius 2 is 1.85 bits per heavy atom. The lowest BCUT2D eigenvalue weighted by molar-refractivity contribution is -0.140. The Morgan fingerprint density at radius 1 is 1.19 bits per heavy atom. The van der Waals surface area contributed by atoms with Gasteiger partial charge in [-0.15, -0.1) is 0 Å². The zero-order valence-corrected chi connectivity index (χ0v) is 15.9. The standard InChI is InChI=1S/C21H28F2N2O2/c1-21(20(27)24-14-16-6-7-17(22)13-18(16)23)8-10-25(11-9-21)19(26)12-15-4-2-3-5-15/h6-7,13,15H,2-5,8-12,14H2,1H3,(H,24,27). The Morgan fingerprint density at radius 3 is 2.48 bits per heavy atom. The Bertz CT molecular complexity index is 693. The Labute approximate surface area is 159 Å². The lowest BCUT2D eigenvalue weighted by Crippen LogP contribution is -2.48. The van der Waals surface area contributed by atoms with E-state index in [0.29, 0.717) is 38.3 Å². The molecule has 6 heteroatoms. The van der Waals surface area contributed by atoms with Gasteiger partial charge in [-0.1, -0.05) is 25.8 Å². The van der Waals surface area contributed by atoms with E-state index < -0.39 is 17.0 Å². The van der Waals surface area contributed by atoms with Gasteiger partial charge >= 0.3 is 0 Å². The van der Waals surface area contributed by atoms with Gasteiger partial charge in [0, 0.05) is 43.1 Å². The van der Waals surface area contributed by atoms with E-state index in [-0.39, 0.29) is 23.9 Å². The largest absolute Gasteiger partial charge is 0.351 e. The summed E-state index contributed by atoms with van der Waals surface area (Å²) in [6, 6.07) is 3.34. The van der Waals surface area contributed by atoms with E-state index in [1.54, 1.807) is 0 Å². The van der Waals surface area contributed by atoms with Crippen LogP contribution in [0.1, 0.15) is 57.4 Å². The molecule has 1 saturated carbocycles. The molecule has 0 aromatic heterocycles. The van der Waals surface area contributed by atoms with Crippen LogP contribution in [0.4, 0.5) is 8.78 Å². The van der Waals surface area contributed by atoms with Gasteiger partial charge in [0.25, 0.3) is 0 Å². The van der Waals surface area contributed by atoms with Crippen molar-refractivity contribution in [1.29, 1.82) is 0 Å². The second kappa shape index (κ2) is 8.36. The first-order chi connectivity index (χ1) is 12.9. The van der Waals surface area contributed by atoms with Crippen LogP contribution in [0, 0.1) is 23.0 Å². The Balaban J connectivity index is 1.48. The van der Waals surface area contributed by atoms with E-state index in [1.165, 1.54) is 25.0 Å². The third-order valence-electron chi connectivity index (χ3n) is 6.16. The molecule has 2 aliphatic rings. The number of carbonyl (C=O) groups is 2. The molecule has 2 fully saturated rings. The highest BCUT2D eigenvalue weighted by Crippen LogP contribution is 2.33. The Kier molecular flexibility index (Phi) is 6.12. The van der Waals surface area contributed by atoms with E-state index in [9.17, 15) is 18.4 Å². The zero-order valence-electron chi connectivity index (χ0n) is 15.9. The summed E-state index contributed by atoms with van der Waals surface area (Å²) in [6.45, 7) is 3.09. The van der Waals surface area contributed by atoms with Crippen LogP contribution < -0.4 is 5.32 Å². The van der Waals surface area contributed by atoms with Gasteiger partial charge in [0.05, 0.1) is 0 Å². The molecule has 4 nitrogen and oxygen atoms in total. The minimum absolute atomic E-state index is 0.0326. The SMILES string of the molecule is CC1(C(=O)NCc2ccc(F)cc2F)CCN(C(=O)CC2CCCC2)CC1. The molecule has 0 spiro atoms. The third-order valence-corrected chi connectivity index (χ3v) is 6.16. The van der Waals surface area contributed by atoms with E-state index in [1.807, 2.05) is 11.8 Å². The highest BCUT2D eigenvalue weighted by molar-refractivity contribution is 5.83. The number of piperidine rings is 1. The number of hydrogen-bond acceptors (Lipinski definition) is 2. The maximum atomic E-state index is 13.7. The maximum Gasteiger partial charge on any atom is 0.226 e. The van der Waals surface area contributed by atoms with Crippen LogP contribution in [-0.4, -0.2) is 29.8 Å². The fourth-order valence-electron chi connectivity index (χ4n) is 4.12. The number of nitrogens with one attached hydrogen (secondary N) is 1. The first-order valence-corrected chi connectivity index (χ1v) is 9.87. The van der Waals surface area contributed by atoms with Crippen molar-refractivity contribution in [2.24, 2.45) is 11.3 Å². The van der Waals surface area contributed by atoms with Crippen LogP contribution in [0.5, 0.6) is 0 Å². The highest BCUT2D eigenvalue weighted by atomic mass is 19.1. The van der Waals surface area contributed by atoms with Crippen LogP contribution in [0.25, 0.3) is 0 Å². The van der Waals surface area contributed by atoms with Crippen molar-refractivity contribution in [1.82, 2.24) is 10.2 Å². The molecule has 0 bridgehead atoms. The fraction of sp³-hybridized carbons (Fsp3) is 0.619. The number of likely N-dealkylation sites (tertiary alicyclic amines) is 1. The molecule has 1 aliphatic carbocycles. The molecule has 0 radical (unpaired) electrons. The van der Waals surface area contributed by atoms with Gasteiger partial charge in [-0.05, 0) is 37.7 Å². The lowest BCUT2D eigenvalue weighted by atomic mass is 9.79. The summed E-state index contributed by atoms with van der Waals surface area (Å²) in [7, 11) is 0. The summed E-state index contributed by atoms with van der Waals surface area (Å²) in [6.07, 6.45) is 6.59. The summed E-state index contributed by atoms with van der Waals surface area (Å²) in [4.78, 5) is 27.0. The highest BCUT2D eigenvalue weighted by Gasteiger charge is 2.38. The molecular formula is C21H28F2N2O2. The fourth-order valence-corrected chi connectivity index (χ4v) is 4.12. The number of amides is 2. The van der Waals surface area contributed by atoms with E-state index in [2.05, 4.69) is 5.32 Å². The molecule has 0 atom stereocenters. The van der Waals surface area contributed by atoms with Crippen molar-refractivity contribution >= 4 is 11.8 Å². The van der Waals surface area contributed by atoms with Crippen molar-refractivity contribution in [3.63, 3.8) is 0 Å². The summed E-state index contributed by atoms with van der Waals surface area (Å²) in [5.41, 5.74) is -0.307. The molecule has 1 heterocycles. The number of nitrogens with zero attached hydrogens (tertiary/aromatic N) is 1. The Hall–Kier alpha value is -1.98. The summed E-state index contributed by atoms with van der Waals surface area (Å²) < 4.78 is 26.7. The monoisotopic (exact) mass is 378 g/mol. The van der Waals surface area contributed by atoms with Crippen molar-refractivity contribution < 1.29 is 18.4 Å². The van der Waals surface area contributed by atoms with E-state index in [0.717, 1.165) is 18.9 Å². The summed E-state index contributed by atoms with van der Waals surface area (Å²) in [5.74, 6) is -0.705. The number of halogens is 2. The van der Waals surface area contributed by atoms with Crippen molar-refractivity contribution in [3.05, 3.63) is 35.4 Å². The quantitative estimate of drug-likeness (QED) is 0.847. The zero-order chi connectivity index (χ0) is 19.4. The average molecular weight is 378 g/mol. The maximum absolute atomic E-state index is 13.7. The molecule has 1 saturated heterocycles. The van der Waals surface area contributed by atoms with Crippen LogP contribution >= 0.6 is 0 Å². The van der Waals surface area contributed by atoms with Crippen molar-refractivity contribution in [2.45, 2.75) is 58.4 Å². The predicted octanol–water partition coefficient (Wildman–Crippen LogP) is 3.79. The molecule has 0 unspecified atom stereocenters. The second-order valence-electron chi connectivity index (χ2n) is 8.21. The number of hydrogen-bond donors (Lipinski definition) is 1.